The lowest BCUT2D eigenvalue weighted by Crippen LogP contribution is -2.18. The zero-order valence-corrected chi connectivity index (χ0v) is 7.56. The monoisotopic (exact) mass is 183 g/mol. The summed E-state index contributed by atoms with van der Waals surface area (Å²) in [5, 5.41) is 3.37. The molecule has 0 aliphatic rings. The van der Waals surface area contributed by atoms with Gasteiger partial charge in [-0.1, -0.05) is 29.8 Å². The van der Waals surface area contributed by atoms with Crippen molar-refractivity contribution in [3.63, 3.8) is 0 Å². The summed E-state index contributed by atoms with van der Waals surface area (Å²) in [6.45, 7) is 1.98. The van der Waals surface area contributed by atoms with E-state index in [9.17, 15) is 4.79 Å². The first-order valence-corrected chi connectivity index (χ1v) is 4.06. The molecule has 1 rings (SSSR count). The number of nitrogens with one attached hydrogen (secondary N) is 1. The van der Waals surface area contributed by atoms with Crippen molar-refractivity contribution in [1.29, 1.82) is 0 Å². The molecule has 0 aliphatic carbocycles. The van der Waals surface area contributed by atoms with Crippen LogP contribution >= 0.6 is 11.6 Å². The van der Waals surface area contributed by atoms with E-state index in [2.05, 4.69) is 5.32 Å². The summed E-state index contributed by atoms with van der Waals surface area (Å²) in [7, 11) is 0. The quantitative estimate of drug-likeness (QED) is 0.747. The van der Waals surface area contributed by atoms with E-state index < -0.39 is 0 Å². The lowest BCUT2D eigenvalue weighted by Gasteiger charge is -2.03. The number of hydrogen-bond donors (Lipinski definition) is 1. The highest BCUT2D eigenvalue weighted by molar-refractivity contribution is 6.31. The molecule has 0 aromatic heterocycles. The number of amides is 1. The molecule has 0 fully saturated rings. The van der Waals surface area contributed by atoms with Crippen molar-refractivity contribution in [1.82, 2.24) is 5.32 Å². The Bertz CT molecular complexity index is 286. The molecule has 0 heterocycles. The average molecular weight is 184 g/mol. The number of hydrogen-bond acceptors (Lipinski definition) is 1. The third kappa shape index (κ3) is 2.55. The number of halogens is 1. The fourth-order valence-electron chi connectivity index (χ4n) is 0.861. The van der Waals surface area contributed by atoms with Crippen molar-refractivity contribution in [2.75, 3.05) is 0 Å². The second-order valence-electron chi connectivity index (χ2n) is 2.50. The third-order valence-corrected chi connectivity index (χ3v) is 1.85. The van der Waals surface area contributed by atoms with Crippen LogP contribution in [0.15, 0.2) is 24.3 Å². The maximum Gasteiger partial charge on any atom is 0.217 e. The minimum Gasteiger partial charge on any atom is -0.352 e. The van der Waals surface area contributed by atoms with E-state index in [0.29, 0.717) is 11.6 Å². The molecule has 64 valence electrons. The highest BCUT2D eigenvalue weighted by Crippen LogP contribution is 2.13. The Morgan fingerprint density at radius 2 is 2.17 bits per heavy atom. The molecule has 1 aromatic carbocycles. The number of carbonyl (C=O) groups is 1. The predicted molar refractivity (Wildman–Crippen MR) is 49.0 cm³/mol. The zero-order chi connectivity index (χ0) is 8.97. The number of benzene rings is 1. The van der Waals surface area contributed by atoms with E-state index >= 15 is 0 Å². The zero-order valence-electron chi connectivity index (χ0n) is 6.80. The Hall–Kier alpha value is -1.02. The van der Waals surface area contributed by atoms with Crippen molar-refractivity contribution < 1.29 is 4.79 Å². The largest absolute Gasteiger partial charge is 0.352 e. The third-order valence-electron chi connectivity index (χ3n) is 1.49. The smallest absolute Gasteiger partial charge is 0.217 e. The molecule has 1 amide bonds. The highest BCUT2D eigenvalue weighted by Gasteiger charge is 1.98. The van der Waals surface area contributed by atoms with E-state index in [1.54, 1.807) is 6.07 Å². The van der Waals surface area contributed by atoms with Gasteiger partial charge in [0.2, 0.25) is 5.91 Å². The van der Waals surface area contributed by atoms with Crippen LogP contribution in [0.25, 0.3) is 0 Å². The van der Waals surface area contributed by atoms with Crippen LogP contribution in [0.2, 0.25) is 5.02 Å². The molecule has 0 unspecified atom stereocenters. The Labute approximate surface area is 76.5 Å². The van der Waals surface area contributed by atoms with Gasteiger partial charge in [0.1, 0.15) is 0 Å². The Morgan fingerprint density at radius 1 is 1.50 bits per heavy atom. The highest BCUT2D eigenvalue weighted by atomic mass is 35.5. The molecular formula is C9H10ClNO. The first-order chi connectivity index (χ1) is 5.70. The summed E-state index contributed by atoms with van der Waals surface area (Å²) in [4.78, 5) is 10.6. The van der Waals surface area contributed by atoms with Gasteiger partial charge in [0.25, 0.3) is 0 Å². The molecule has 0 atom stereocenters. The molecule has 12 heavy (non-hydrogen) atoms. The van der Waals surface area contributed by atoms with E-state index in [4.69, 9.17) is 11.6 Å². The standard InChI is InChI=1S/C9H10ClNO/c1-7(12)11-6-8-4-2-3-5-9(8)10/h2-5H,6H2,1H3,(H,11,12). The van der Waals surface area contributed by atoms with Gasteiger partial charge < -0.3 is 5.32 Å². The topological polar surface area (TPSA) is 29.1 Å². The van der Waals surface area contributed by atoms with E-state index in [1.807, 2.05) is 18.2 Å². The molecule has 0 saturated heterocycles. The molecule has 1 N–H and O–H groups in total. The van der Waals surface area contributed by atoms with Crippen molar-refractivity contribution >= 4 is 17.5 Å². The van der Waals surface area contributed by atoms with Gasteiger partial charge in [-0.3, -0.25) is 4.79 Å². The Balaban J connectivity index is 2.63. The summed E-state index contributed by atoms with van der Waals surface area (Å²) in [5.74, 6) is -0.0464. The molecule has 0 radical (unpaired) electrons. The van der Waals surface area contributed by atoms with Crippen molar-refractivity contribution in [2.24, 2.45) is 0 Å². The Kier molecular flexibility index (Phi) is 3.11. The summed E-state index contributed by atoms with van der Waals surface area (Å²) in [6.07, 6.45) is 0. The minimum absolute atomic E-state index is 0.0464. The second kappa shape index (κ2) is 4.12. The van der Waals surface area contributed by atoms with Crippen LogP contribution in [0, 0.1) is 0 Å². The van der Waals surface area contributed by atoms with Gasteiger partial charge in [-0.25, -0.2) is 0 Å². The summed E-state index contributed by atoms with van der Waals surface area (Å²) in [6, 6.07) is 7.44. The fraction of sp³-hybridized carbons (Fsp3) is 0.222. The van der Waals surface area contributed by atoms with Crippen molar-refractivity contribution in [2.45, 2.75) is 13.5 Å². The lowest BCUT2D eigenvalue weighted by atomic mass is 10.2. The molecule has 0 saturated carbocycles. The molecule has 0 spiro atoms. The molecule has 1 aromatic rings. The Morgan fingerprint density at radius 3 is 2.75 bits per heavy atom. The van der Waals surface area contributed by atoms with Gasteiger partial charge in [0.15, 0.2) is 0 Å². The van der Waals surface area contributed by atoms with Crippen molar-refractivity contribution in [3.05, 3.63) is 34.9 Å². The maximum atomic E-state index is 10.6. The first-order valence-electron chi connectivity index (χ1n) is 3.68. The van der Waals surface area contributed by atoms with Crippen LogP contribution < -0.4 is 5.32 Å². The van der Waals surface area contributed by atoms with Crippen LogP contribution in [0.5, 0.6) is 0 Å². The van der Waals surface area contributed by atoms with E-state index in [-0.39, 0.29) is 5.91 Å². The second-order valence-corrected chi connectivity index (χ2v) is 2.91. The predicted octanol–water partition coefficient (Wildman–Crippen LogP) is 1.98. The summed E-state index contributed by atoms with van der Waals surface area (Å²) in [5.41, 5.74) is 0.939. The van der Waals surface area contributed by atoms with Crippen LogP contribution in [-0.4, -0.2) is 5.91 Å². The number of carbonyl (C=O) groups excluding carboxylic acids is 1. The van der Waals surface area contributed by atoms with Gasteiger partial charge in [-0.05, 0) is 11.6 Å². The SMILES string of the molecule is CC(=O)NCc1ccccc1Cl. The van der Waals surface area contributed by atoms with Gasteiger partial charge in [0, 0.05) is 18.5 Å². The van der Waals surface area contributed by atoms with E-state index in [0.717, 1.165) is 5.56 Å². The summed E-state index contributed by atoms with van der Waals surface area (Å²) < 4.78 is 0. The normalized spacial score (nSPS) is 9.50. The number of rotatable bonds is 2. The fourth-order valence-corrected chi connectivity index (χ4v) is 1.06. The van der Waals surface area contributed by atoms with Gasteiger partial charge in [-0.15, -0.1) is 0 Å². The van der Waals surface area contributed by atoms with Crippen LogP contribution in [0.3, 0.4) is 0 Å². The maximum absolute atomic E-state index is 10.6. The lowest BCUT2D eigenvalue weighted by molar-refractivity contribution is -0.119. The first kappa shape index (κ1) is 9.07. The van der Waals surface area contributed by atoms with Crippen LogP contribution in [0.4, 0.5) is 0 Å². The van der Waals surface area contributed by atoms with Gasteiger partial charge in [0.05, 0.1) is 0 Å². The van der Waals surface area contributed by atoms with Gasteiger partial charge in [-0.2, -0.15) is 0 Å². The minimum atomic E-state index is -0.0464. The summed E-state index contributed by atoms with van der Waals surface area (Å²) >= 11 is 5.86. The molecule has 2 nitrogen and oxygen atoms in total. The molecule has 0 aliphatic heterocycles. The van der Waals surface area contributed by atoms with Crippen LogP contribution in [0.1, 0.15) is 12.5 Å². The van der Waals surface area contributed by atoms with Gasteiger partial charge >= 0.3 is 0 Å². The average Bonchev–Trinajstić information content (AvgIpc) is 2.03. The molecular weight excluding hydrogens is 174 g/mol. The van der Waals surface area contributed by atoms with E-state index in [1.165, 1.54) is 6.92 Å². The van der Waals surface area contributed by atoms with Crippen molar-refractivity contribution in [3.8, 4) is 0 Å². The molecule has 0 bridgehead atoms. The van der Waals surface area contributed by atoms with Crippen LogP contribution in [-0.2, 0) is 11.3 Å². The molecule has 3 heteroatoms.